The van der Waals surface area contributed by atoms with Crippen LogP contribution in [0.1, 0.15) is 25.1 Å². The number of rotatable bonds is 11. The van der Waals surface area contributed by atoms with Crippen LogP contribution in [0.2, 0.25) is 0 Å². The molecule has 0 unspecified atom stereocenters. The van der Waals surface area contributed by atoms with Gasteiger partial charge in [0, 0.05) is 54.8 Å². The lowest BCUT2D eigenvalue weighted by Gasteiger charge is -2.36. The zero-order chi connectivity index (χ0) is 29.8. The maximum atomic E-state index is 12.9. The van der Waals surface area contributed by atoms with Crippen LogP contribution in [0.3, 0.4) is 0 Å². The monoisotopic (exact) mass is 602 g/mol. The summed E-state index contributed by atoms with van der Waals surface area (Å²) in [5, 5.41) is 11.9. The molecule has 2 N–H and O–H groups in total. The minimum absolute atomic E-state index is 0.0307. The van der Waals surface area contributed by atoms with Crippen molar-refractivity contribution in [3.8, 4) is 5.75 Å². The molecular weight excluding hydrogens is 568 g/mol. The summed E-state index contributed by atoms with van der Waals surface area (Å²) in [5.41, 5.74) is 3.34. The summed E-state index contributed by atoms with van der Waals surface area (Å²) >= 11 is 0. The quantitative estimate of drug-likeness (QED) is 0.338. The summed E-state index contributed by atoms with van der Waals surface area (Å²) < 4.78 is 60.3. The molecule has 2 aromatic carbocycles. The molecule has 0 saturated carbocycles. The highest BCUT2D eigenvalue weighted by atomic mass is 32.2. The zero-order valence-electron chi connectivity index (χ0n) is 23.1. The fourth-order valence-electron chi connectivity index (χ4n) is 4.68. The van der Waals surface area contributed by atoms with E-state index in [4.69, 9.17) is 4.74 Å². The van der Waals surface area contributed by atoms with Crippen LogP contribution in [0, 0.1) is 6.92 Å². The van der Waals surface area contributed by atoms with Gasteiger partial charge in [-0.05, 0) is 57.2 Å². The van der Waals surface area contributed by atoms with Crippen LogP contribution >= 0.6 is 0 Å². The van der Waals surface area contributed by atoms with Crippen molar-refractivity contribution in [1.29, 1.82) is 0 Å². The second-order valence-corrected chi connectivity index (χ2v) is 13.6. The van der Waals surface area contributed by atoms with E-state index in [1.807, 2.05) is 37.3 Å². The van der Waals surface area contributed by atoms with Gasteiger partial charge in [-0.25, -0.2) is 21.6 Å². The Labute approximate surface area is 240 Å². The molecule has 1 aromatic heterocycles. The van der Waals surface area contributed by atoms with E-state index in [9.17, 15) is 26.7 Å². The number of hydrogen-bond acceptors (Lipinski definition) is 8. The van der Waals surface area contributed by atoms with Gasteiger partial charge in [0.1, 0.15) is 18.4 Å². The number of hydrogen-bond donors (Lipinski definition) is 2. The smallest absolute Gasteiger partial charge is 0.322 e. The molecule has 220 valence electrons. The van der Waals surface area contributed by atoms with Crippen LogP contribution in [0.4, 0.5) is 0 Å². The van der Waals surface area contributed by atoms with Crippen LogP contribution in [-0.2, 0) is 31.4 Å². The Kier molecular flexibility index (Phi) is 9.44. The van der Waals surface area contributed by atoms with Crippen LogP contribution in [0.5, 0.6) is 5.75 Å². The maximum Gasteiger partial charge on any atom is 0.322 e. The number of benzene rings is 2. The number of aliphatic carboxylic acids is 1. The van der Waals surface area contributed by atoms with Gasteiger partial charge in [-0.2, -0.15) is 4.31 Å². The summed E-state index contributed by atoms with van der Waals surface area (Å²) in [6.07, 6.45) is 0. The molecule has 1 aliphatic heterocycles. The van der Waals surface area contributed by atoms with Crippen LogP contribution in [0.25, 0.3) is 10.9 Å². The van der Waals surface area contributed by atoms with Crippen molar-refractivity contribution in [2.45, 2.75) is 38.3 Å². The van der Waals surface area contributed by atoms with E-state index in [1.54, 1.807) is 30.9 Å². The highest BCUT2D eigenvalue weighted by molar-refractivity contribution is 7.92. The lowest BCUT2D eigenvalue weighted by molar-refractivity contribution is -0.143. The summed E-state index contributed by atoms with van der Waals surface area (Å²) in [4.78, 5) is 18.0. The minimum atomic E-state index is -4.01. The van der Waals surface area contributed by atoms with Crippen LogP contribution in [0.15, 0.2) is 70.5 Å². The Hall–Kier alpha value is -3.36. The Bertz CT molecular complexity index is 1640. The Morgan fingerprint density at radius 3 is 2.34 bits per heavy atom. The third-order valence-corrected chi connectivity index (χ3v) is 9.96. The predicted molar refractivity (Wildman–Crippen MR) is 155 cm³/mol. The van der Waals surface area contributed by atoms with E-state index in [0.717, 1.165) is 22.2 Å². The zero-order valence-corrected chi connectivity index (χ0v) is 24.8. The molecule has 1 saturated heterocycles. The van der Waals surface area contributed by atoms with Crippen molar-refractivity contribution < 1.29 is 31.5 Å². The van der Waals surface area contributed by atoms with Gasteiger partial charge >= 0.3 is 5.97 Å². The highest BCUT2D eigenvalue weighted by Gasteiger charge is 2.33. The molecular formula is C28H34N4O7S2. The van der Waals surface area contributed by atoms with E-state index in [0.29, 0.717) is 11.3 Å². The first-order chi connectivity index (χ1) is 19.4. The third kappa shape index (κ3) is 7.68. The minimum Gasteiger partial charge on any atom is -0.489 e. The SMILES string of the molecule is CC(C)=CS(=O)(=O)N1CCN([C@@H](CNS(=O)(=O)c2ccc(OCc3cc(C)nc4ccccc34)cc2)C(=O)O)CC1. The van der Waals surface area contributed by atoms with Crippen molar-refractivity contribution in [3.05, 3.63) is 76.8 Å². The number of ether oxygens (including phenoxy) is 1. The number of nitrogens with zero attached hydrogens (tertiary/aromatic N) is 3. The van der Waals surface area contributed by atoms with Crippen molar-refractivity contribution in [1.82, 2.24) is 18.9 Å². The van der Waals surface area contributed by atoms with E-state index in [1.165, 1.54) is 21.8 Å². The van der Waals surface area contributed by atoms with Crippen LogP contribution in [-0.4, -0.2) is 80.9 Å². The Balaban J connectivity index is 1.36. The van der Waals surface area contributed by atoms with Gasteiger partial charge in [-0.3, -0.25) is 14.7 Å². The van der Waals surface area contributed by atoms with Gasteiger partial charge in [0.05, 0.1) is 10.4 Å². The standard InChI is InChI=1S/C28H34N4O7S2/c1-20(2)19-40(35,36)32-14-12-31(13-15-32)27(28(33)34)17-29-41(37,38)24-10-8-23(9-11-24)39-18-22-16-21(3)30-26-7-5-4-6-25(22)26/h4-11,16,19,27,29H,12-15,17-18H2,1-3H3,(H,33,34)/t27-/m0/s1. The van der Waals surface area contributed by atoms with E-state index in [-0.39, 0.29) is 44.2 Å². The van der Waals surface area contributed by atoms with Gasteiger partial charge in [0.15, 0.2) is 0 Å². The largest absolute Gasteiger partial charge is 0.489 e. The number of carbonyl (C=O) groups is 1. The number of aryl methyl sites for hydroxylation is 1. The van der Waals surface area contributed by atoms with Gasteiger partial charge in [0.25, 0.3) is 0 Å². The van der Waals surface area contributed by atoms with Crippen molar-refractivity contribution >= 4 is 36.9 Å². The molecule has 1 aliphatic rings. The number of carboxylic acids is 1. The molecule has 0 radical (unpaired) electrons. The fourth-order valence-corrected chi connectivity index (χ4v) is 7.13. The normalized spacial score (nSPS) is 15.9. The number of sulfonamides is 2. The molecule has 1 atom stereocenters. The molecule has 1 fully saturated rings. The van der Waals surface area contributed by atoms with Crippen molar-refractivity contribution in [3.63, 3.8) is 0 Å². The summed E-state index contributed by atoms with van der Waals surface area (Å²) in [7, 11) is -7.60. The molecule has 0 spiro atoms. The molecule has 3 aromatic rings. The summed E-state index contributed by atoms with van der Waals surface area (Å²) in [5.74, 6) is -0.720. The average molecular weight is 603 g/mol. The van der Waals surface area contributed by atoms with Crippen molar-refractivity contribution in [2.24, 2.45) is 0 Å². The molecule has 11 nitrogen and oxygen atoms in total. The average Bonchev–Trinajstić information content (AvgIpc) is 2.91. The first kappa shape index (κ1) is 30.6. The number of allylic oxidation sites excluding steroid dienone is 1. The van der Waals surface area contributed by atoms with E-state index < -0.39 is 32.1 Å². The summed E-state index contributed by atoms with van der Waals surface area (Å²) in [6.45, 7) is 5.73. The number of nitrogens with one attached hydrogen (secondary N) is 1. The molecule has 0 bridgehead atoms. The molecule has 2 heterocycles. The lowest BCUT2D eigenvalue weighted by Crippen LogP contribution is -2.56. The number of pyridine rings is 1. The van der Waals surface area contributed by atoms with Gasteiger partial charge in [-0.15, -0.1) is 0 Å². The Morgan fingerprint density at radius 2 is 1.71 bits per heavy atom. The number of carboxylic acid groups (broad SMARTS) is 1. The maximum absolute atomic E-state index is 12.9. The number of aromatic nitrogens is 1. The van der Waals surface area contributed by atoms with Gasteiger partial charge in [0.2, 0.25) is 20.0 Å². The molecule has 41 heavy (non-hydrogen) atoms. The van der Waals surface area contributed by atoms with E-state index >= 15 is 0 Å². The molecule has 4 rings (SSSR count). The van der Waals surface area contributed by atoms with Crippen molar-refractivity contribution in [2.75, 3.05) is 32.7 Å². The second-order valence-electron chi connectivity index (χ2n) is 10.1. The predicted octanol–water partition coefficient (Wildman–Crippen LogP) is 2.72. The van der Waals surface area contributed by atoms with Gasteiger partial charge in [-0.1, -0.05) is 23.8 Å². The topological polar surface area (TPSA) is 146 Å². The third-order valence-electron chi connectivity index (χ3n) is 6.67. The van der Waals surface area contributed by atoms with Crippen LogP contribution < -0.4 is 9.46 Å². The molecule has 0 amide bonds. The number of fused-ring (bicyclic) bond motifs is 1. The first-order valence-electron chi connectivity index (χ1n) is 13.1. The molecule has 13 heteroatoms. The highest BCUT2D eigenvalue weighted by Crippen LogP contribution is 2.22. The number of piperazine rings is 1. The number of para-hydroxylation sites is 1. The van der Waals surface area contributed by atoms with E-state index in [2.05, 4.69) is 9.71 Å². The second kappa shape index (κ2) is 12.7. The summed E-state index contributed by atoms with van der Waals surface area (Å²) in [6, 6.07) is 14.4. The fraction of sp³-hybridized carbons (Fsp3) is 0.357. The lowest BCUT2D eigenvalue weighted by atomic mass is 10.1. The van der Waals surface area contributed by atoms with Gasteiger partial charge < -0.3 is 9.84 Å². The first-order valence-corrected chi connectivity index (χ1v) is 16.0. The molecule has 0 aliphatic carbocycles. The Morgan fingerprint density at radius 1 is 1.05 bits per heavy atom.